The Kier molecular flexibility index (Phi) is 14.0. The fourth-order valence-electron chi connectivity index (χ4n) is 7.37. The molecule has 0 bridgehead atoms. The Morgan fingerprint density at radius 1 is 0.881 bits per heavy atom. The van der Waals surface area contributed by atoms with Crippen molar-refractivity contribution in [3.63, 3.8) is 0 Å². The number of rotatable bonds is 19. The van der Waals surface area contributed by atoms with Gasteiger partial charge in [0.25, 0.3) is 0 Å². The van der Waals surface area contributed by atoms with Crippen molar-refractivity contribution < 1.29 is 47.2 Å². The third-order valence-electron chi connectivity index (χ3n) is 10.6. The van der Waals surface area contributed by atoms with E-state index in [1.54, 1.807) is 41.3 Å². The molecule has 5 aromatic carbocycles. The average molecular weight is 825 g/mol. The molecule has 0 spiro atoms. The van der Waals surface area contributed by atoms with E-state index in [2.05, 4.69) is 4.72 Å². The molecule has 1 fully saturated rings. The normalized spacial score (nSPS) is 16.0. The van der Waals surface area contributed by atoms with Crippen molar-refractivity contribution in [2.45, 2.75) is 57.0 Å². The van der Waals surface area contributed by atoms with Gasteiger partial charge in [0.1, 0.15) is 29.9 Å². The zero-order chi connectivity index (χ0) is 42.2. The molecular weight excluding hydrogens is 776 g/mol. The number of esters is 1. The molecular formula is C46H49FN2O9S. The van der Waals surface area contributed by atoms with Crippen molar-refractivity contribution in [2.24, 2.45) is 5.92 Å². The second kappa shape index (κ2) is 19.1. The van der Waals surface area contributed by atoms with Crippen LogP contribution in [0.3, 0.4) is 0 Å². The average Bonchev–Trinajstić information content (AvgIpc) is 3.23. The summed E-state index contributed by atoms with van der Waals surface area (Å²) in [6, 6.07) is 35.2. The lowest BCUT2D eigenvalue weighted by Gasteiger charge is -2.48. The number of carbonyl (C=O) groups is 2. The minimum absolute atomic E-state index is 0.130. The molecule has 1 aliphatic rings. The van der Waals surface area contributed by atoms with Crippen molar-refractivity contribution in [1.82, 2.24) is 4.72 Å². The van der Waals surface area contributed by atoms with Gasteiger partial charge in [-0.15, -0.1) is 0 Å². The number of halogens is 1. The number of β-lactam (4-membered cyclic amide) rings is 1. The van der Waals surface area contributed by atoms with E-state index in [0.717, 1.165) is 34.1 Å². The van der Waals surface area contributed by atoms with Crippen LogP contribution in [0.4, 0.5) is 10.1 Å². The van der Waals surface area contributed by atoms with E-state index in [1.807, 2.05) is 72.8 Å². The maximum Gasteiger partial charge on any atom is 0.303 e. The van der Waals surface area contributed by atoms with Crippen LogP contribution in [-0.4, -0.2) is 61.6 Å². The fraction of sp³-hybridized carbons (Fsp3) is 0.304. The number of sulfonamides is 1. The molecule has 6 rings (SSSR count). The number of benzene rings is 5. The van der Waals surface area contributed by atoms with Gasteiger partial charge in [-0.05, 0) is 89.4 Å². The lowest BCUT2D eigenvalue weighted by atomic mass is 9.77. The molecule has 11 nitrogen and oxygen atoms in total. The van der Waals surface area contributed by atoms with Gasteiger partial charge in [-0.25, -0.2) is 17.5 Å². The Bertz CT molecular complexity index is 2300. The van der Waals surface area contributed by atoms with Crippen LogP contribution >= 0.6 is 0 Å². The predicted octanol–water partition coefficient (Wildman–Crippen LogP) is 6.51. The van der Waals surface area contributed by atoms with Crippen molar-refractivity contribution in [3.05, 3.63) is 155 Å². The predicted molar refractivity (Wildman–Crippen MR) is 222 cm³/mol. The summed E-state index contributed by atoms with van der Waals surface area (Å²) in [6.07, 6.45) is 2.27. The first-order valence-corrected chi connectivity index (χ1v) is 21.3. The zero-order valence-corrected chi connectivity index (χ0v) is 33.8. The maximum absolute atomic E-state index is 14.3. The number of aryl methyl sites for hydroxylation is 1. The van der Waals surface area contributed by atoms with Crippen LogP contribution in [0.5, 0.6) is 5.75 Å². The summed E-state index contributed by atoms with van der Waals surface area (Å²) < 4.78 is 51.6. The van der Waals surface area contributed by atoms with E-state index in [9.17, 15) is 37.7 Å². The second-order valence-electron chi connectivity index (χ2n) is 14.9. The highest BCUT2D eigenvalue weighted by atomic mass is 32.2. The van der Waals surface area contributed by atoms with Gasteiger partial charge in [0.2, 0.25) is 15.9 Å². The van der Waals surface area contributed by atoms with Crippen molar-refractivity contribution in [3.8, 4) is 16.9 Å². The molecule has 1 unspecified atom stereocenters. The van der Waals surface area contributed by atoms with E-state index in [1.165, 1.54) is 19.1 Å². The Morgan fingerprint density at radius 3 is 2.17 bits per heavy atom. The minimum Gasteiger partial charge on any atom is -0.489 e. The number of hydrogen-bond donors (Lipinski definition) is 4. The van der Waals surface area contributed by atoms with E-state index < -0.39 is 58.7 Å². The van der Waals surface area contributed by atoms with Gasteiger partial charge < -0.3 is 29.7 Å². The molecule has 0 saturated carbocycles. The summed E-state index contributed by atoms with van der Waals surface area (Å²) in [4.78, 5) is 28.2. The van der Waals surface area contributed by atoms with Gasteiger partial charge in [-0.3, -0.25) is 9.59 Å². The number of anilines is 1. The van der Waals surface area contributed by atoms with Crippen LogP contribution < -0.4 is 14.4 Å². The quantitative estimate of drug-likeness (QED) is 0.0413. The first kappa shape index (κ1) is 43.1. The number of aliphatic hydroxyl groups is 3. The van der Waals surface area contributed by atoms with Gasteiger partial charge in [0, 0.05) is 24.7 Å². The minimum atomic E-state index is -3.29. The summed E-state index contributed by atoms with van der Waals surface area (Å²) in [5.74, 6) is -1.06. The molecule has 0 aliphatic carbocycles. The number of aliphatic hydroxyl groups excluding tert-OH is 2. The third kappa shape index (κ3) is 10.8. The highest BCUT2D eigenvalue weighted by Gasteiger charge is 2.50. The maximum atomic E-state index is 14.3. The summed E-state index contributed by atoms with van der Waals surface area (Å²) in [5, 5.41) is 30.1. The molecule has 1 amide bonds. The number of nitrogens with zero attached hydrogens (tertiary/aromatic N) is 1. The summed E-state index contributed by atoms with van der Waals surface area (Å²) in [6.45, 7) is 0.560. The van der Waals surface area contributed by atoms with Crippen LogP contribution in [0, 0.1) is 11.7 Å². The first-order chi connectivity index (χ1) is 28.3. The number of nitrogens with one attached hydrogen (secondary N) is 1. The smallest absolute Gasteiger partial charge is 0.303 e. The molecule has 13 heteroatoms. The van der Waals surface area contributed by atoms with Crippen molar-refractivity contribution >= 4 is 27.6 Å². The van der Waals surface area contributed by atoms with E-state index >= 15 is 0 Å². The first-order valence-electron chi connectivity index (χ1n) is 19.4. The molecule has 1 heterocycles. The zero-order valence-electron chi connectivity index (χ0n) is 33.0. The van der Waals surface area contributed by atoms with Crippen LogP contribution in [0.25, 0.3) is 11.1 Å². The Morgan fingerprint density at radius 2 is 1.54 bits per heavy atom. The molecule has 1 aliphatic heterocycles. The molecule has 0 aromatic heterocycles. The second-order valence-corrected chi connectivity index (χ2v) is 16.7. The molecule has 0 radical (unpaired) electrons. The lowest BCUT2D eigenvalue weighted by Crippen LogP contribution is -2.55. The topological polar surface area (TPSA) is 163 Å². The molecule has 1 saturated heterocycles. The summed E-state index contributed by atoms with van der Waals surface area (Å²) in [5.41, 5.74) is 4.08. The van der Waals surface area contributed by atoms with Crippen LogP contribution in [0.15, 0.2) is 121 Å². The summed E-state index contributed by atoms with van der Waals surface area (Å²) >= 11 is 0. The Balaban J connectivity index is 1.36. The largest absolute Gasteiger partial charge is 0.489 e. The van der Waals surface area contributed by atoms with Crippen LogP contribution in [0.1, 0.15) is 66.1 Å². The van der Waals surface area contributed by atoms with E-state index in [4.69, 9.17) is 9.47 Å². The van der Waals surface area contributed by atoms with Gasteiger partial charge in [0.05, 0.1) is 31.4 Å². The lowest BCUT2D eigenvalue weighted by molar-refractivity contribution is -0.147. The number of ether oxygens (including phenoxy) is 2. The highest BCUT2D eigenvalue weighted by Crippen LogP contribution is 2.50. The van der Waals surface area contributed by atoms with Gasteiger partial charge in [-0.1, -0.05) is 91.0 Å². The van der Waals surface area contributed by atoms with Gasteiger partial charge in [0.15, 0.2) is 0 Å². The van der Waals surface area contributed by atoms with Crippen LogP contribution in [0.2, 0.25) is 0 Å². The highest BCUT2D eigenvalue weighted by molar-refractivity contribution is 7.88. The van der Waals surface area contributed by atoms with Crippen LogP contribution in [-0.2, 0) is 43.0 Å². The van der Waals surface area contributed by atoms with Crippen molar-refractivity contribution in [2.75, 3.05) is 30.9 Å². The molecule has 310 valence electrons. The number of hydrogen-bond acceptors (Lipinski definition) is 9. The monoisotopic (exact) mass is 824 g/mol. The molecule has 59 heavy (non-hydrogen) atoms. The van der Waals surface area contributed by atoms with Gasteiger partial charge >= 0.3 is 5.97 Å². The van der Waals surface area contributed by atoms with E-state index in [-0.39, 0.29) is 12.5 Å². The molecule has 3 atom stereocenters. The molecule has 4 N–H and O–H groups in total. The van der Waals surface area contributed by atoms with E-state index in [0.29, 0.717) is 54.8 Å². The Labute approximate surface area is 344 Å². The third-order valence-corrected chi connectivity index (χ3v) is 11.3. The van der Waals surface area contributed by atoms with Crippen molar-refractivity contribution in [1.29, 1.82) is 0 Å². The van der Waals surface area contributed by atoms with Gasteiger partial charge in [-0.2, -0.15) is 0 Å². The molecule has 5 aromatic rings. The summed E-state index contributed by atoms with van der Waals surface area (Å²) in [7, 11) is -3.29. The Hall–Kier alpha value is -5.44. The SMILES string of the molecule is CC(=O)OC(CC[C@H]1C(=O)N(c2ccc(CCCNS(C)(=O)=O)cc2)[C@@H]1c1ccc(-c2ccc(C(O)(CO)CO)cc2)cc1OCc1ccccc1)c1ccc(F)cc1. The standard InChI is InChI=1S/C46H49FN2O9S/c1-31(52)58-42(35-14-19-38(47)20-15-35)25-24-41-44(49(45(41)53)39-21-10-32(11-22-39)9-6-26-48-59(2,55)56)40-23-16-36(27-43(40)57-28-33-7-4-3-5-8-33)34-12-17-37(18-13-34)46(54,29-50)30-51/h3-5,7-8,10-23,27,41-42,44,48,50-51,54H,6,9,24-26,28-30H2,1-2H3/t41-,42?,44-/m1/s1. The number of amides is 1. The number of carbonyl (C=O) groups excluding carboxylic acids is 2. The fourth-order valence-corrected chi connectivity index (χ4v) is 7.89.